The number of Topliss-reactive ketones (excluding diaryl/α,β-unsaturated/α-hetero) is 2. The fraction of sp³-hybridized carbons (Fsp3) is 0.435. The first kappa shape index (κ1) is 23.2. The number of hydrogen-bond acceptors (Lipinski definition) is 3. The van der Waals surface area contributed by atoms with Crippen LogP contribution < -0.4 is 0 Å². The first-order chi connectivity index (χ1) is 12.4. The monoisotopic (exact) mass is 431 g/mol. The minimum Gasteiger partial charge on any atom is -0.294 e. The predicted octanol–water partition coefficient (Wildman–Crippen LogP) is 6.51. The lowest BCUT2D eigenvalue weighted by Gasteiger charge is -2.19. The zero-order valence-corrected chi connectivity index (χ0v) is 18.9. The number of pyridine rings is 1. The molecule has 1 aromatic carbocycles. The van der Waals surface area contributed by atoms with Crippen LogP contribution in [0.2, 0.25) is 0 Å². The number of nitrogens with zero attached hydrogens (tertiary/aromatic N) is 1. The number of benzene rings is 1. The molecule has 0 unspecified atom stereocenters. The summed E-state index contributed by atoms with van der Waals surface area (Å²) in [4.78, 5) is 27.1. The summed E-state index contributed by atoms with van der Waals surface area (Å²) < 4.78 is 0.753. The Morgan fingerprint density at radius 1 is 0.815 bits per heavy atom. The SMILES string of the molecule is CC(C)C(=O)c1ccc(Br)nc1.CC(C)C(=O)c1ccc(C(C)(C)C)cc1. The van der Waals surface area contributed by atoms with Crippen molar-refractivity contribution < 1.29 is 9.59 Å². The molecule has 146 valence electrons. The molecule has 3 nitrogen and oxygen atoms in total. The van der Waals surface area contributed by atoms with Gasteiger partial charge in [0, 0.05) is 29.2 Å². The molecular formula is C23H30BrNO2. The van der Waals surface area contributed by atoms with Crippen LogP contribution in [0.15, 0.2) is 47.2 Å². The number of halogens is 1. The summed E-state index contributed by atoms with van der Waals surface area (Å²) in [7, 11) is 0. The molecule has 0 amide bonds. The molecule has 0 radical (unpaired) electrons. The van der Waals surface area contributed by atoms with Crippen molar-refractivity contribution in [2.24, 2.45) is 11.8 Å². The van der Waals surface area contributed by atoms with E-state index in [1.807, 2.05) is 39.8 Å². The molecule has 4 heteroatoms. The number of carbonyl (C=O) groups excluding carboxylic acids is 2. The molecule has 0 aliphatic heterocycles. The molecule has 1 heterocycles. The van der Waals surface area contributed by atoms with Crippen LogP contribution in [0.5, 0.6) is 0 Å². The molecule has 27 heavy (non-hydrogen) atoms. The van der Waals surface area contributed by atoms with Crippen LogP contribution in [0.25, 0.3) is 0 Å². The molecule has 0 saturated carbocycles. The van der Waals surface area contributed by atoms with Crippen molar-refractivity contribution >= 4 is 27.5 Å². The third kappa shape index (κ3) is 7.37. The van der Waals surface area contributed by atoms with Gasteiger partial charge >= 0.3 is 0 Å². The molecule has 2 rings (SSSR count). The van der Waals surface area contributed by atoms with Gasteiger partial charge in [-0.1, -0.05) is 72.7 Å². The van der Waals surface area contributed by atoms with Crippen LogP contribution in [0.3, 0.4) is 0 Å². The summed E-state index contributed by atoms with van der Waals surface area (Å²) >= 11 is 3.21. The standard InChI is InChI=1S/C14H20O.C9H10BrNO/c1-10(2)13(15)11-6-8-12(9-7-11)14(3,4)5;1-6(2)9(12)7-3-4-8(10)11-5-7/h6-10H,1-5H3;3-6H,1-2H3. The van der Waals surface area contributed by atoms with E-state index in [4.69, 9.17) is 0 Å². The van der Waals surface area contributed by atoms with Crippen molar-refractivity contribution in [3.63, 3.8) is 0 Å². The number of carbonyl (C=O) groups is 2. The number of hydrogen-bond donors (Lipinski definition) is 0. The lowest BCUT2D eigenvalue weighted by molar-refractivity contribution is 0.0932. The Balaban J connectivity index is 0.000000277. The second-order valence-corrected chi connectivity index (χ2v) is 9.05. The van der Waals surface area contributed by atoms with Crippen molar-refractivity contribution in [3.05, 3.63) is 63.9 Å². The van der Waals surface area contributed by atoms with Gasteiger partial charge in [-0.3, -0.25) is 9.59 Å². The highest BCUT2D eigenvalue weighted by Crippen LogP contribution is 2.22. The maximum atomic E-state index is 11.7. The summed E-state index contributed by atoms with van der Waals surface area (Å²) in [5, 5.41) is 0. The minimum absolute atomic E-state index is 0.0352. The van der Waals surface area contributed by atoms with Gasteiger partial charge in [0.05, 0.1) is 0 Å². The maximum absolute atomic E-state index is 11.7. The van der Waals surface area contributed by atoms with Gasteiger partial charge in [-0.15, -0.1) is 0 Å². The highest BCUT2D eigenvalue weighted by molar-refractivity contribution is 9.10. The predicted molar refractivity (Wildman–Crippen MR) is 115 cm³/mol. The number of rotatable bonds is 4. The Morgan fingerprint density at radius 2 is 1.26 bits per heavy atom. The van der Waals surface area contributed by atoms with E-state index in [-0.39, 0.29) is 28.8 Å². The van der Waals surface area contributed by atoms with Crippen molar-refractivity contribution in [1.29, 1.82) is 0 Å². The lowest BCUT2D eigenvalue weighted by atomic mass is 9.86. The van der Waals surface area contributed by atoms with Crippen LogP contribution in [0, 0.1) is 11.8 Å². The second kappa shape index (κ2) is 9.93. The normalized spacial score (nSPS) is 11.2. The van der Waals surface area contributed by atoms with E-state index < -0.39 is 0 Å². The van der Waals surface area contributed by atoms with E-state index >= 15 is 0 Å². The van der Waals surface area contributed by atoms with E-state index in [1.165, 1.54) is 5.56 Å². The van der Waals surface area contributed by atoms with Gasteiger partial charge in [-0.2, -0.15) is 0 Å². The molecule has 0 spiro atoms. The van der Waals surface area contributed by atoms with Gasteiger partial charge in [0.2, 0.25) is 0 Å². The van der Waals surface area contributed by atoms with E-state index in [1.54, 1.807) is 18.3 Å². The Labute approximate surface area is 171 Å². The van der Waals surface area contributed by atoms with Crippen LogP contribution in [-0.2, 0) is 5.41 Å². The second-order valence-electron chi connectivity index (χ2n) is 8.23. The van der Waals surface area contributed by atoms with Crippen molar-refractivity contribution in [3.8, 4) is 0 Å². The summed E-state index contributed by atoms with van der Waals surface area (Å²) in [6.45, 7) is 14.1. The topological polar surface area (TPSA) is 47.0 Å². The van der Waals surface area contributed by atoms with E-state index in [0.29, 0.717) is 5.56 Å². The lowest BCUT2D eigenvalue weighted by Crippen LogP contribution is -2.12. The molecule has 0 aliphatic rings. The summed E-state index contributed by atoms with van der Waals surface area (Å²) in [5.74, 6) is 0.462. The average Bonchev–Trinajstić information content (AvgIpc) is 2.61. The van der Waals surface area contributed by atoms with Gasteiger partial charge in [0.1, 0.15) is 4.60 Å². The summed E-state index contributed by atoms with van der Waals surface area (Å²) in [5.41, 5.74) is 2.91. The van der Waals surface area contributed by atoms with Crippen LogP contribution in [0.1, 0.15) is 74.7 Å². The Hall–Kier alpha value is -1.81. The Morgan fingerprint density at radius 3 is 1.63 bits per heavy atom. The highest BCUT2D eigenvalue weighted by atomic mass is 79.9. The quantitative estimate of drug-likeness (QED) is 0.409. The Bertz CT molecular complexity index is 754. The average molecular weight is 432 g/mol. The third-order valence-electron chi connectivity index (χ3n) is 4.10. The van der Waals surface area contributed by atoms with Gasteiger partial charge in [-0.25, -0.2) is 4.98 Å². The molecule has 0 bridgehead atoms. The zero-order valence-electron chi connectivity index (χ0n) is 17.3. The molecule has 0 N–H and O–H groups in total. The Kier molecular flexibility index (Phi) is 8.55. The van der Waals surface area contributed by atoms with Gasteiger partial charge in [0.25, 0.3) is 0 Å². The number of aromatic nitrogens is 1. The van der Waals surface area contributed by atoms with Crippen molar-refractivity contribution in [2.45, 2.75) is 53.9 Å². The molecule has 1 aromatic heterocycles. The largest absolute Gasteiger partial charge is 0.294 e. The molecule has 0 saturated heterocycles. The molecule has 0 aliphatic carbocycles. The molecular weight excluding hydrogens is 402 g/mol. The van der Waals surface area contributed by atoms with Crippen LogP contribution in [0.4, 0.5) is 0 Å². The first-order valence-corrected chi connectivity index (χ1v) is 10.0. The summed E-state index contributed by atoms with van der Waals surface area (Å²) in [6, 6.07) is 11.5. The van der Waals surface area contributed by atoms with Gasteiger partial charge in [-0.05, 0) is 39.0 Å². The van der Waals surface area contributed by atoms with Crippen molar-refractivity contribution in [2.75, 3.05) is 0 Å². The van der Waals surface area contributed by atoms with E-state index in [9.17, 15) is 9.59 Å². The molecule has 2 aromatic rings. The fourth-order valence-electron chi connectivity index (χ4n) is 2.32. The smallest absolute Gasteiger partial charge is 0.166 e. The zero-order chi connectivity index (χ0) is 20.8. The van der Waals surface area contributed by atoms with Gasteiger partial charge in [0.15, 0.2) is 11.6 Å². The summed E-state index contributed by atoms with van der Waals surface area (Å²) in [6.07, 6.45) is 1.59. The molecule has 0 atom stereocenters. The van der Waals surface area contributed by atoms with Crippen molar-refractivity contribution in [1.82, 2.24) is 4.98 Å². The van der Waals surface area contributed by atoms with E-state index in [0.717, 1.165) is 10.2 Å². The highest BCUT2D eigenvalue weighted by Gasteiger charge is 2.15. The van der Waals surface area contributed by atoms with Crippen LogP contribution >= 0.6 is 15.9 Å². The minimum atomic E-state index is 0.0352. The molecule has 0 fully saturated rings. The number of ketones is 2. The van der Waals surface area contributed by atoms with Crippen LogP contribution in [-0.4, -0.2) is 16.6 Å². The first-order valence-electron chi connectivity index (χ1n) is 9.24. The third-order valence-corrected chi connectivity index (χ3v) is 4.57. The van der Waals surface area contributed by atoms with Gasteiger partial charge < -0.3 is 0 Å². The maximum Gasteiger partial charge on any atom is 0.166 e. The fourth-order valence-corrected chi connectivity index (χ4v) is 2.56. The van der Waals surface area contributed by atoms with E-state index in [2.05, 4.69) is 53.8 Å².